The molecule has 0 saturated carbocycles. The highest BCUT2D eigenvalue weighted by atomic mass is 16.5. The second-order valence-electron chi connectivity index (χ2n) is 5.86. The van der Waals surface area contributed by atoms with E-state index in [1.807, 2.05) is 24.4 Å². The largest absolute Gasteiger partial charge is 0.381 e. The zero-order valence-electron chi connectivity index (χ0n) is 13.4. The number of nitrogens with one attached hydrogen (secondary N) is 1. The summed E-state index contributed by atoms with van der Waals surface area (Å²) in [6, 6.07) is 14.6. The van der Waals surface area contributed by atoms with Crippen molar-refractivity contribution >= 4 is 0 Å². The van der Waals surface area contributed by atoms with Crippen molar-refractivity contribution in [1.29, 1.82) is 0 Å². The Labute approximate surface area is 137 Å². The van der Waals surface area contributed by atoms with Crippen LogP contribution < -0.4 is 5.32 Å². The minimum Gasteiger partial charge on any atom is -0.381 e. The van der Waals surface area contributed by atoms with E-state index >= 15 is 0 Å². The van der Waals surface area contributed by atoms with E-state index in [0.717, 1.165) is 44.8 Å². The van der Waals surface area contributed by atoms with Crippen molar-refractivity contribution in [3.05, 3.63) is 65.5 Å². The summed E-state index contributed by atoms with van der Waals surface area (Å²) >= 11 is 0. The van der Waals surface area contributed by atoms with E-state index in [9.17, 15) is 0 Å². The fourth-order valence-electron chi connectivity index (χ4n) is 2.65. The lowest BCUT2D eigenvalue weighted by Gasteiger charge is -2.22. The molecule has 1 aliphatic heterocycles. The molecule has 1 aromatic carbocycles. The van der Waals surface area contributed by atoms with Crippen LogP contribution in [0.5, 0.6) is 0 Å². The molecule has 122 valence electrons. The molecule has 4 heteroatoms. The Balaban J connectivity index is 1.40. The molecule has 1 aromatic heterocycles. The summed E-state index contributed by atoms with van der Waals surface area (Å²) in [5.41, 5.74) is 3.56. The van der Waals surface area contributed by atoms with Gasteiger partial charge in [0.1, 0.15) is 0 Å². The van der Waals surface area contributed by atoms with E-state index in [-0.39, 0.29) is 0 Å². The van der Waals surface area contributed by atoms with E-state index in [4.69, 9.17) is 9.47 Å². The number of nitrogens with zero attached hydrogens (tertiary/aromatic N) is 1. The SMILES string of the molecule is c1ccc(CNCc2ccc(COC3CCOCC3)cc2)nc1. The zero-order chi connectivity index (χ0) is 15.7. The smallest absolute Gasteiger partial charge is 0.0720 e. The maximum atomic E-state index is 5.94. The van der Waals surface area contributed by atoms with Crippen LogP contribution in [0.1, 0.15) is 29.7 Å². The minimum absolute atomic E-state index is 0.350. The van der Waals surface area contributed by atoms with E-state index in [2.05, 4.69) is 34.6 Å². The van der Waals surface area contributed by atoms with Crippen LogP contribution in [0.15, 0.2) is 48.7 Å². The third-order valence-corrected chi connectivity index (χ3v) is 4.04. The van der Waals surface area contributed by atoms with Crippen LogP contribution in [-0.2, 0) is 29.2 Å². The summed E-state index contributed by atoms with van der Waals surface area (Å²) in [6.45, 7) is 3.97. The van der Waals surface area contributed by atoms with Gasteiger partial charge >= 0.3 is 0 Å². The fraction of sp³-hybridized carbons (Fsp3) is 0.421. The quantitative estimate of drug-likeness (QED) is 0.853. The Bertz CT molecular complexity index is 566. The molecule has 1 fully saturated rings. The van der Waals surface area contributed by atoms with Gasteiger partial charge < -0.3 is 14.8 Å². The molecule has 0 spiro atoms. The molecule has 0 radical (unpaired) electrons. The number of pyridine rings is 1. The van der Waals surface area contributed by atoms with E-state index in [0.29, 0.717) is 12.7 Å². The topological polar surface area (TPSA) is 43.4 Å². The number of hydrogen-bond donors (Lipinski definition) is 1. The highest BCUT2D eigenvalue weighted by molar-refractivity contribution is 5.22. The third-order valence-electron chi connectivity index (χ3n) is 4.04. The van der Waals surface area contributed by atoms with Gasteiger partial charge in [-0.3, -0.25) is 4.98 Å². The molecule has 0 aliphatic carbocycles. The molecule has 0 atom stereocenters. The van der Waals surface area contributed by atoms with Crippen molar-refractivity contribution < 1.29 is 9.47 Å². The molecule has 3 rings (SSSR count). The highest BCUT2D eigenvalue weighted by Crippen LogP contribution is 2.14. The predicted molar refractivity (Wildman–Crippen MR) is 89.9 cm³/mol. The second-order valence-corrected chi connectivity index (χ2v) is 5.86. The lowest BCUT2D eigenvalue weighted by atomic mass is 10.1. The van der Waals surface area contributed by atoms with E-state index in [1.54, 1.807) is 0 Å². The normalized spacial score (nSPS) is 15.7. The van der Waals surface area contributed by atoms with Crippen molar-refractivity contribution in [1.82, 2.24) is 10.3 Å². The zero-order valence-corrected chi connectivity index (χ0v) is 13.4. The van der Waals surface area contributed by atoms with Gasteiger partial charge in [0.25, 0.3) is 0 Å². The first kappa shape index (κ1) is 16.1. The van der Waals surface area contributed by atoms with Crippen LogP contribution in [0.4, 0.5) is 0 Å². The molecule has 4 nitrogen and oxygen atoms in total. The predicted octanol–water partition coefficient (Wildman–Crippen LogP) is 3.07. The Morgan fingerprint density at radius 2 is 1.78 bits per heavy atom. The van der Waals surface area contributed by atoms with Crippen molar-refractivity contribution in [2.45, 2.75) is 38.6 Å². The first-order chi connectivity index (χ1) is 11.4. The number of aromatic nitrogens is 1. The summed E-state index contributed by atoms with van der Waals surface area (Å²) in [7, 11) is 0. The number of ether oxygens (including phenoxy) is 2. The van der Waals surface area contributed by atoms with Crippen molar-refractivity contribution in [2.24, 2.45) is 0 Å². The summed E-state index contributed by atoms with van der Waals surface area (Å²) < 4.78 is 11.3. The van der Waals surface area contributed by atoms with Crippen LogP contribution in [0.3, 0.4) is 0 Å². The first-order valence-electron chi connectivity index (χ1n) is 8.28. The molecule has 23 heavy (non-hydrogen) atoms. The monoisotopic (exact) mass is 312 g/mol. The molecule has 0 bridgehead atoms. The van der Waals surface area contributed by atoms with Crippen molar-refractivity contribution in [3.8, 4) is 0 Å². The summed E-state index contributed by atoms with van der Waals surface area (Å²) in [5, 5.41) is 3.41. The van der Waals surface area contributed by atoms with E-state index < -0.39 is 0 Å². The number of rotatable bonds is 7. The van der Waals surface area contributed by atoms with Gasteiger partial charge in [-0.1, -0.05) is 30.3 Å². The lowest BCUT2D eigenvalue weighted by molar-refractivity contribution is -0.0390. The summed E-state index contributed by atoms with van der Waals surface area (Å²) in [5.74, 6) is 0. The van der Waals surface area contributed by atoms with Gasteiger partial charge in [0.2, 0.25) is 0 Å². The maximum absolute atomic E-state index is 5.94. The Hall–Kier alpha value is -1.75. The van der Waals surface area contributed by atoms with Crippen LogP contribution >= 0.6 is 0 Å². The maximum Gasteiger partial charge on any atom is 0.0720 e. The average molecular weight is 312 g/mol. The Kier molecular flexibility index (Phi) is 6.15. The van der Waals surface area contributed by atoms with Gasteiger partial charge in [-0.25, -0.2) is 0 Å². The van der Waals surface area contributed by atoms with Gasteiger partial charge in [0, 0.05) is 32.5 Å². The fourth-order valence-corrected chi connectivity index (χ4v) is 2.65. The summed E-state index contributed by atoms with van der Waals surface area (Å²) in [4.78, 5) is 4.30. The molecule has 1 aliphatic rings. The molecule has 0 amide bonds. The van der Waals surface area contributed by atoms with Gasteiger partial charge in [-0.15, -0.1) is 0 Å². The van der Waals surface area contributed by atoms with Crippen molar-refractivity contribution in [2.75, 3.05) is 13.2 Å². The molecule has 2 heterocycles. The number of hydrogen-bond acceptors (Lipinski definition) is 4. The summed E-state index contributed by atoms with van der Waals surface area (Å²) in [6.07, 6.45) is 4.19. The molecular formula is C19H24N2O2. The minimum atomic E-state index is 0.350. The molecule has 1 N–H and O–H groups in total. The van der Waals surface area contributed by atoms with Gasteiger partial charge in [-0.2, -0.15) is 0 Å². The van der Waals surface area contributed by atoms with Gasteiger partial charge in [0.15, 0.2) is 0 Å². The van der Waals surface area contributed by atoms with Crippen LogP contribution in [0.25, 0.3) is 0 Å². The first-order valence-corrected chi connectivity index (χ1v) is 8.28. The molecule has 0 unspecified atom stereocenters. The van der Waals surface area contributed by atoms with Crippen LogP contribution in [-0.4, -0.2) is 24.3 Å². The van der Waals surface area contributed by atoms with Crippen LogP contribution in [0, 0.1) is 0 Å². The molecular weight excluding hydrogens is 288 g/mol. The highest BCUT2D eigenvalue weighted by Gasteiger charge is 2.13. The van der Waals surface area contributed by atoms with E-state index in [1.165, 1.54) is 11.1 Å². The number of benzene rings is 1. The second kappa shape index (κ2) is 8.77. The Morgan fingerprint density at radius 1 is 1.00 bits per heavy atom. The van der Waals surface area contributed by atoms with Crippen molar-refractivity contribution in [3.63, 3.8) is 0 Å². The average Bonchev–Trinajstić information content (AvgIpc) is 2.63. The standard InChI is InChI=1S/C19H24N2O2/c1-2-10-21-18(3-1)14-20-13-16-4-6-17(7-5-16)15-23-19-8-11-22-12-9-19/h1-7,10,19-20H,8-9,11-15H2. The lowest BCUT2D eigenvalue weighted by Crippen LogP contribution is -2.23. The molecule has 2 aromatic rings. The Morgan fingerprint density at radius 3 is 2.52 bits per heavy atom. The van der Waals surface area contributed by atoms with Gasteiger partial charge in [0.05, 0.1) is 18.4 Å². The third kappa shape index (κ3) is 5.43. The van der Waals surface area contributed by atoms with Crippen LogP contribution in [0.2, 0.25) is 0 Å². The molecule has 1 saturated heterocycles. The van der Waals surface area contributed by atoms with Gasteiger partial charge in [-0.05, 0) is 36.1 Å².